The van der Waals surface area contributed by atoms with Gasteiger partial charge in [0.15, 0.2) is 6.04 Å². The van der Waals surface area contributed by atoms with Gasteiger partial charge >= 0.3 is 5.97 Å². The van der Waals surface area contributed by atoms with Crippen LogP contribution in [0.15, 0.2) is 12.2 Å². The molecule has 0 bridgehead atoms. The fourth-order valence-corrected chi connectivity index (χ4v) is 2.46. The summed E-state index contributed by atoms with van der Waals surface area (Å²) in [4.78, 5) is 22.5. The Morgan fingerprint density at radius 3 is 2.04 bits per heavy atom. The fraction of sp³-hybridized carbons (Fsp3) is 0.789. The Hall–Kier alpha value is -1.36. The zero-order valence-corrected chi connectivity index (χ0v) is 15.3. The first-order valence-corrected chi connectivity index (χ1v) is 9.34. The number of unbranched alkanes of at least 4 members (excludes halogenated alkanes) is 8. The molecule has 24 heavy (non-hydrogen) atoms. The average Bonchev–Trinajstić information content (AvgIpc) is 2.53. The van der Waals surface area contributed by atoms with E-state index in [1.54, 1.807) is 0 Å². The highest BCUT2D eigenvalue weighted by atomic mass is 16.4. The van der Waals surface area contributed by atoms with Crippen molar-refractivity contribution in [1.29, 1.82) is 0 Å². The molecule has 0 aromatic carbocycles. The van der Waals surface area contributed by atoms with Gasteiger partial charge in [0.25, 0.3) is 0 Å². The van der Waals surface area contributed by atoms with Gasteiger partial charge in [0.2, 0.25) is 5.91 Å². The third-order valence-corrected chi connectivity index (χ3v) is 3.98. The van der Waals surface area contributed by atoms with Gasteiger partial charge in [-0.2, -0.15) is 0 Å². The Morgan fingerprint density at radius 2 is 1.50 bits per heavy atom. The summed E-state index contributed by atoms with van der Waals surface area (Å²) in [5.41, 5.74) is 0. The first kappa shape index (κ1) is 22.6. The quantitative estimate of drug-likeness (QED) is 0.312. The van der Waals surface area contributed by atoms with Gasteiger partial charge in [-0.3, -0.25) is 4.79 Å². The van der Waals surface area contributed by atoms with E-state index in [1.165, 1.54) is 39.0 Å². The number of hydrogen-bond acceptors (Lipinski definition) is 3. The van der Waals surface area contributed by atoms with Crippen molar-refractivity contribution in [3.05, 3.63) is 12.2 Å². The molecule has 0 saturated heterocycles. The van der Waals surface area contributed by atoms with Crippen molar-refractivity contribution in [1.82, 2.24) is 5.32 Å². The van der Waals surface area contributed by atoms with Gasteiger partial charge in [-0.25, -0.2) is 4.79 Å². The minimum Gasteiger partial charge on any atom is -0.480 e. The van der Waals surface area contributed by atoms with Crippen LogP contribution < -0.4 is 5.32 Å². The summed E-state index contributed by atoms with van der Waals surface area (Å²) < 4.78 is 0. The lowest BCUT2D eigenvalue weighted by atomic mass is 10.1. The molecule has 0 aliphatic rings. The van der Waals surface area contributed by atoms with Crippen LogP contribution in [0, 0.1) is 0 Å². The largest absolute Gasteiger partial charge is 0.480 e. The van der Waals surface area contributed by atoms with Gasteiger partial charge in [0, 0.05) is 6.42 Å². The topological polar surface area (TPSA) is 86.6 Å². The molecule has 0 spiro atoms. The molecule has 0 aromatic heterocycles. The van der Waals surface area contributed by atoms with Crippen molar-refractivity contribution in [2.24, 2.45) is 0 Å². The monoisotopic (exact) mass is 341 g/mol. The third-order valence-electron chi connectivity index (χ3n) is 3.98. The Morgan fingerprint density at radius 1 is 0.958 bits per heavy atom. The van der Waals surface area contributed by atoms with Gasteiger partial charge < -0.3 is 15.5 Å². The number of rotatable bonds is 15. The summed E-state index contributed by atoms with van der Waals surface area (Å²) in [6.45, 7) is 3.57. The Kier molecular flexibility index (Phi) is 14.3. The van der Waals surface area contributed by atoms with Crippen molar-refractivity contribution < 1.29 is 19.8 Å². The average molecular weight is 341 g/mol. The van der Waals surface area contributed by atoms with Crippen molar-refractivity contribution >= 4 is 11.9 Å². The van der Waals surface area contributed by atoms with E-state index in [1.807, 2.05) is 0 Å². The molecule has 0 aliphatic carbocycles. The molecule has 0 unspecified atom stereocenters. The predicted molar refractivity (Wildman–Crippen MR) is 96.8 cm³/mol. The molecule has 0 fully saturated rings. The second-order valence-electron chi connectivity index (χ2n) is 6.40. The maximum Gasteiger partial charge on any atom is 0.328 e. The summed E-state index contributed by atoms with van der Waals surface area (Å²) in [5, 5.41) is 20.5. The molecule has 0 rings (SSSR count). The van der Waals surface area contributed by atoms with E-state index in [-0.39, 0.29) is 5.91 Å². The molecule has 0 aliphatic heterocycles. The van der Waals surface area contributed by atoms with Gasteiger partial charge in [-0.05, 0) is 39.0 Å². The minimum atomic E-state index is -1.22. The highest BCUT2D eigenvalue weighted by Crippen LogP contribution is 2.09. The van der Waals surface area contributed by atoms with Crippen LogP contribution in [0.4, 0.5) is 0 Å². The number of aliphatic carboxylic acids is 1. The predicted octanol–water partition coefficient (Wildman–Crippen LogP) is 3.80. The number of aliphatic hydroxyl groups excluding tert-OH is 1. The zero-order valence-electron chi connectivity index (χ0n) is 15.3. The summed E-state index contributed by atoms with van der Waals surface area (Å²) in [5.74, 6) is -1.51. The third kappa shape index (κ3) is 13.1. The van der Waals surface area contributed by atoms with Crippen molar-refractivity contribution in [2.45, 2.75) is 96.6 Å². The normalized spacial score (nSPS) is 13.8. The maximum absolute atomic E-state index is 11.6. The van der Waals surface area contributed by atoms with Gasteiger partial charge in [-0.15, -0.1) is 0 Å². The van der Waals surface area contributed by atoms with Crippen LogP contribution in [0.5, 0.6) is 0 Å². The molecule has 140 valence electrons. The lowest BCUT2D eigenvalue weighted by Gasteiger charge is -2.16. The van der Waals surface area contributed by atoms with E-state index < -0.39 is 18.1 Å². The van der Waals surface area contributed by atoms with Crippen LogP contribution >= 0.6 is 0 Å². The number of amides is 1. The summed E-state index contributed by atoms with van der Waals surface area (Å²) in [7, 11) is 0. The lowest BCUT2D eigenvalue weighted by molar-refractivity contribution is -0.144. The molecular formula is C19H35NO4. The van der Waals surface area contributed by atoms with Crippen LogP contribution in [-0.2, 0) is 9.59 Å². The number of allylic oxidation sites excluding steroid dienone is 2. The molecule has 1 amide bonds. The smallest absolute Gasteiger partial charge is 0.328 e. The van der Waals surface area contributed by atoms with E-state index >= 15 is 0 Å². The Labute approximate surface area is 146 Å². The standard InChI is InChI=1S/C19H35NO4/c1-3-4-5-6-7-8-9-10-11-12-13-14-15-17(22)20-18(16(2)21)19(23)24/h7-8,16,18,21H,3-6,9-15H2,1-2H3,(H,20,22)(H,23,24)/b8-7-/t16-,18+/m1/s1. The van der Waals surface area contributed by atoms with E-state index in [9.17, 15) is 14.7 Å². The van der Waals surface area contributed by atoms with E-state index in [0.29, 0.717) is 6.42 Å². The van der Waals surface area contributed by atoms with E-state index in [2.05, 4.69) is 24.4 Å². The second kappa shape index (κ2) is 15.2. The molecule has 0 saturated carbocycles. The van der Waals surface area contributed by atoms with Crippen LogP contribution in [0.2, 0.25) is 0 Å². The highest BCUT2D eigenvalue weighted by molar-refractivity contribution is 5.83. The van der Waals surface area contributed by atoms with Gasteiger partial charge in [-0.1, -0.05) is 51.2 Å². The first-order chi connectivity index (χ1) is 11.5. The van der Waals surface area contributed by atoms with E-state index in [0.717, 1.165) is 32.1 Å². The number of carbonyl (C=O) groups is 2. The number of carbonyl (C=O) groups excluding carboxylic acids is 1. The van der Waals surface area contributed by atoms with Crippen LogP contribution in [-0.4, -0.2) is 34.2 Å². The van der Waals surface area contributed by atoms with Crippen molar-refractivity contribution in [2.75, 3.05) is 0 Å². The molecule has 2 atom stereocenters. The molecule has 0 radical (unpaired) electrons. The van der Waals surface area contributed by atoms with Crippen molar-refractivity contribution in [3.63, 3.8) is 0 Å². The number of carboxylic acid groups (broad SMARTS) is 1. The van der Waals surface area contributed by atoms with Crippen LogP contribution in [0.1, 0.15) is 84.5 Å². The molecule has 5 heteroatoms. The summed E-state index contributed by atoms with van der Waals surface area (Å²) in [6, 6.07) is -1.22. The lowest BCUT2D eigenvalue weighted by Crippen LogP contribution is -2.47. The number of hydrogen-bond donors (Lipinski definition) is 3. The molecule has 0 aromatic rings. The minimum absolute atomic E-state index is 0.307. The van der Waals surface area contributed by atoms with Gasteiger partial charge in [0.05, 0.1) is 6.10 Å². The number of nitrogens with one attached hydrogen (secondary N) is 1. The molecule has 0 heterocycles. The Bertz CT molecular complexity index is 366. The maximum atomic E-state index is 11.6. The van der Waals surface area contributed by atoms with Crippen molar-refractivity contribution in [3.8, 4) is 0 Å². The number of carboxylic acids is 1. The Balaban J connectivity index is 3.53. The summed E-state index contributed by atoms with van der Waals surface area (Å²) in [6.07, 6.45) is 15.1. The number of aliphatic hydroxyl groups is 1. The highest BCUT2D eigenvalue weighted by Gasteiger charge is 2.24. The SMILES string of the molecule is CCCCC/C=C\CCCCCCCC(=O)N[C@H](C(=O)O)[C@@H](C)O. The molecule has 5 nitrogen and oxygen atoms in total. The first-order valence-electron chi connectivity index (χ1n) is 9.34. The zero-order chi connectivity index (χ0) is 18.2. The second-order valence-corrected chi connectivity index (χ2v) is 6.40. The molecule has 3 N–H and O–H groups in total. The fourth-order valence-electron chi connectivity index (χ4n) is 2.46. The summed E-state index contributed by atoms with van der Waals surface area (Å²) >= 11 is 0. The van der Waals surface area contributed by atoms with Crippen LogP contribution in [0.25, 0.3) is 0 Å². The molecular weight excluding hydrogens is 306 g/mol. The van der Waals surface area contributed by atoms with Crippen LogP contribution in [0.3, 0.4) is 0 Å². The van der Waals surface area contributed by atoms with Gasteiger partial charge in [0.1, 0.15) is 0 Å². The van der Waals surface area contributed by atoms with E-state index in [4.69, 9.17) is 5.11 Å².